The number of aliphatic imine (C=N–C) groups is 1. The Morgan fingerprint density at radius 2 is 2.15 bits per heavy atom. The fourth-order valence-electron chi connectivity index (χ4n) is 3.63. The lowest BCUT2D eigenvalue weighted by Gasteiger charge is -2.38. The van der Waals surface area contributed by atoms with Gasteiger partial charge in [0, 0.05) is 31.4 Å². The minimum absolute atomic E-state index is 0. The van der Waals surface area contributed by atoms with E-state index in [9.17, 15) is 0 Å². The predicted octanol–water partition coefficient (Wildman–Crippen LogP) is 2.67. The fourth-order valence-corrected chi connectivity index (χ4v) is 3.63. The van der Waals surface area contributed by atoms with Gasteiger partial charge >= 0.3 is 0 Å². The third-order valence-corrected chi connectivity index (χ3v) is 5.09. The molecule has 2 aromatic heterocycles. The van der Waals surface area contributed by atoms with Crippen LogP contribution < -0.4 is 10.6 Å². The summed E-state index contributed by atoms with van der Waals surface area (Å²) in [7, 11) is 0. The zero-order chi connectivity index (χ0) is 18.4. The second-order valence-electron chi connectivity index (χ2n) is 7.05. The number of likely N-dealkylation sites (tertiary alicyclic amines) is 1. The molecule has 1 aliphatic heterocycles. The summed E-state index contributed by atoms with van der Waals surface area (Å²) in [5.41, 5.74) is 0.850. The minimum Gasteiger partial charge on any atom is -0.357 e. The first-order valence-corrected chi connectivity index (χ1v) is 9.75. The number of halogens is 1. The third kappa shape index (κ3) is 5.78. The van der Waals surface area contributed by atoms with Crippen molar-refractivity contribution >= 4 is 35.6 Å². The van der Waals surface area contributed by atoms with Crippen LogP contribution in [0.4, 0.5) is 0 Å². The first-order valence-electron chi connectivity index (χ1n) is 9.75. The Kier molecular flexibility index (Phi) is 8.75. The number of fused-ring (bicyclic) bond motifs is 1. The largest absolute Gasteiger partial charge is 0.357 e. The molecule has 1 fully saturated rings. The van der Waals surface area contributed by atoms with Gasteiger partial charge in [0.15, 0.2) is 17.4 Å². The van der Waals surface area contributed by atoms with Crippen LogP contribution in [0.25, 0.3) is 5.65 Å². The molecule has 8 heteroatoms. The monoisotopic (exact) mass is 485 g/mol. The van der Waals surface area contributed by atoms with Crippen LogP contribution in [0.15, 0.2) is 29.4 Å². The number of rotatable bonds is 6. The van der Waals surface area contributed by atoms with Crippen molar-refractivity contribution in [2.45, 2.75) is 58.7 Å². The molecular weight excluding hydrogens is 453 g/mol. The van der Waals surface area contributed by atoms with Crippen LogP contribution in [0.3, 0.4) is 0 Å². The molecule has 0 saturated carbocycles. The summed E-state index contributed by atoms with van der Waals surface area (Å²) in [6.07, 6.45) is 5.94. The minimum atomic E-state index is 0. The van der Waals surface area contributed by atoms with E-state index in [0.29, 0.717) is 18.6 Å². The van der Waals surface area contributed by atoms with E-state index in [0.717, 1.165) is 30.5 Å². The molecule has 2 atom stereocenters. The van der Waals surface area contributed by atoms with Crippen LogP contribution in [0.5, 0.6) is 0 Å². The second kappa shape index (κ2) is 10.8. The van der Waals surface area contributed by atoms with Crippen molar-refractivity contribution in [2.24, 2.45) is 4.99 Å². The molecule has 7 nitrogen and oxygen atoms in total. The van der Waals surface area contributed by atoms with Gasteiger partial charge in [0.25, 0.3) is 0 Å². The number of nitrogens with zero attached hydrogens (tertiary/aromatic N) is 5. The van der Waals surface area contributed by atoms with Crippen molar-refractivity contribution in [1.82, 2.24) is 30.1 Å². The van der Waals surface area contributed by atoms with Gasteiger partial charge < -0.3 is 10.6 Å². The number of aromatic nitrogens is 3. The molecule has 0 aromatic carbocycles. The maximum atomic E-state index is 4.69. The zero-order valence-corrected chi connectivity index (χ0v) is 18.9. The van der Waals surface area contributed by atoms with Gasteiger partial charge in [-0.1, -0.05) is 12.5 Å². The Morgan fingerprint density at radius 1 is 1.30 bits per heavy atom. The molecule has 1 saturated heterocycles. The lowest BCUT2D eigenvalue weighted by Crippen LogP contribution is -2.50. The van der Waals surface area contributed by atoms with Crippen molar-refractivity contribution in [2.75, 3.05) is 19.6 Å². The summed E-state index contributed by atoms with van der Waals surface area (Å²) in [6, 6.07) is 7.05. The summed E-state index contributed by atoms with van der Waals surface area (Å²) in [4.78, 5) is 7.30. The first-order chi connectivity index (χ1) is 12.7. The van der Waals surface area contributed by atoms with Crippen molar-refractivity contribution in [3.05, 3.63) is 30.2 Å². The van der Waals surface area contributed by atoms with Crippen molar-refractivity contribution in [3.8, 4) is 0 Å². The molecule has 2 aromatic rings. The highest BCUT2D eigenvalue weighted by atomic mass is 127. The number of hydrogen-bond acceptors (Lipinski definition) is 4. The first kappa shape index (κ1) is 21.9. The Balaban J connectivity index is 0.00000261. The molecule has 0 bridgehead atoms. The molecule has 1 aliphatic rings. The number of guanidine groups is 1. The summed E-state index contributed by atoms with van der Waals surface area (Å²) in [5, 5.41) is 15.2. The maximum Gasteiger partial charge on any atom is 0.191 e. The smallest absolute Gasteiger partial charge is 0.191 e. The Hall–Kier alpha value is -1.42. The average molecular weight is 485 g/mol. The van der Waals surface area contributed by atoms with Gasteiger partial charge in [-0.05, 0) is 52.3 Å². The van der Waals surface area contributed by atoms with Gasteiger partial charge in [0.2, 0.25) is 0 Å². The van der Waals surface area contributed by atoms with Crippen LogP contribution in [0, 0.1) is 0 Å². The highest BCUT2D eigenvalue weighted by molar-refractivity contribution is 14.0. The van der Waals surface area contributed by atoms with E-state index in [4.69, 9.17) is 4.99 Å². The molecule has 150 valence electrons. The molecule has 0 amide bonds. The van der Waals surface area contributed by atoms with Crippen LogP contribution in [0.1, 0.15) is 45.9 Å². The summed E-state index contributed by atoms with van der Waals surface area (Å²) >= 11 is 0. The van der Waals surface area contributed by atoms with Gasteiger partial charge in [-0.15, -0.1) is 34.2 Å². The van der Waals surface area contributed by atoms with Crippen LogP contribution in [-0.4, -0.2) is 57.2 Å². The zero-order valence-electron chi connectivity index (χ0n) is 16.6. The normalized spacial score (nSPS) is 19.5. The maximum absolute atomic E-state index is 4.69. The molecule has 0 aliphatic carbocycles. The highest BCUT2D eigenvalue weighted by Gasteiger charge is 2.22. The Morgan fingerprint density at radius 3 is 2.93 bits per heavy atom. The van der Waals surface area contributed by atoms with Gasteiger partial charge in [-0.2, -0.15) is 0 Å². The fraction of sp³-hybridized carbons (Fsp3) is 0.632. The third-order valence-electron chi connectivity index (χ3n) is 5.09. The summed E-state index contributed by atoms with van der Waals surface area (Å²) in [6.45, 7) is 10.1. The quantitative estimate of drug-likeness (QED) is 0.374. The number of piperidine rings is 1. The van der Waals surface area contributed by atoms with Crippen molar-refractivity contribution < 1.29 is 0 Å². The molecule has 3 heterocycles. The standard InChI is InChI=1S/C19H31N7.HI/c1-4-20-19(21-13-16(3)25-11-7-5-9-15(25)2)22-14-18-24-23-17-10-6-8-12-26(17)18;/h6,8,10,12,15-16H,4-5,7,9,11,13-14H2,1-3H3,(H2,20,21,22);1H. The van der Waals surface area contributed by atoms with E-state index in [2.05, 4.69) is 46.5 Å². The molecule has 0 spiro atoms. The SMILES string of the molecule is CCNC(=NCc1nnc2ccccn12)NCC(C)N1CCCCC1C.I. The van der Waals surface area contributed by atoms with E-state index in [-0.39, 0.29) is 24.0 Å². The molecule has 3 rings (SSSR count). The van der Waals surface area contributed by atoms with Crippen LogP contribution in [0.2, 0.25) is 0 Å². The lowest BCUT2D eigenvalue weighted by molar-refractivity contribution is 0.115. The Bertz CT molecular complexity index is 730. The molecule has 27 heavy (non-hydrogen) atoms. The topological polar surface area (TPSA) is 69.8 Å². The molecule has 2 unspecified atom stereocenters. The average Bonchev–Trinajstić information content (AvgIpc) is 3.07. The van der Waals surface area contributed by atoms with E-state index in [1.807, 2.05) is 28.8 Å². The van der Waals surface area contributed by atoms with Crippen LogP contribution in [-0.2, 0) is 6.54 Å². The van der Waals surface area contributed by atoms with Gasteiger partial charge in [-0.25, -0.2) is 4.99 Å². The Labute approximate surface area is 179 Å². The predicted molar refractivity (Wildman–Crippen MR) is 121 cm³/mol. The van der Waals surface area contributed by atoms with E-state index in [1.165, 1.54) is 25.8 Å². The highest BCUT2D eigenvalue weighted by Crippen LogP contribution is 2.18. The van der Waals surface area contributed by atoms with Crippen molar-refractivity contribution in [1.29, 1.82) is 0 Å². The van der Waals surface area contributed by atoms with E-state index >= 15 is 0 Å². The number of pyridine rings is 1. The molecule has 2 N–H and O–H groups in total. The lowest BCUT2D eigenvalue weighted by atomic mass is 10.0. The summed E-state index contributed by atoms with van der Waals surface area (Å²) < 4.78 is 1.98. The van der Waals surface area contributed by atoms with Gasteiger partial charge in [-0.3, -0.25) is 9.30 Å². The van der Waals surface area contributed by atoms with Gasteiger partial charge in [0.1, 0.15) is 6.54 Å². The second-order valence-corrected chi connectivity index (χ2v) is 7.05. The van der Waals surface area contributed by atoms with E-state index in [1.54, 1.807) is 0 Å². The van der Waals surface area contributed by atoms with Crippen LogP contribution >= 0.6 is 24.0 Å². The number of hydrogen-bond donors (Lipinski definition) is 2. The molecular formula is C19H32IN7. The number of nitrogens with one attached hydrogen (secondary N) is 2. The van der Waals surface area contributed by atoms with Gasteiger partial charge in [0.05, 0.1) is 0 Å². The van der Waals surface area contributed by atoms with E-state index < -0.39 is 0 Å². The summed E-state index contributed by atoms with van der Waals surface area (Å²) in [5.74, 6) is 1.67. The van der Waals surface area contributed by atoms with Crippen molar-refractivity contribution in [3.63, 3.8) is 0 Å². The molecule has 0 radical (unpaired) electrons.